The molecule has 0 radical (unpaired) electrons. The number of anilines is 1. The summed E-state index contributed by atoms with van der Waals surface area (Å²) in [5, 5.41) is 0. The SMILES string of the molecule is Cc1ccc(N(C)C(C)(CN)C2(C)CC2)cc1. The van der Waals surface area contributed by atoms with Crippen LogP contribution in [0.25, 0.3) is 0 Å². The average Bonchev–Trinajstić information content (AvgIpc) is 3.08. The number of aryl methyl sites for hydroxylation is 1. The van der Waals surface area contributed by atoms with Gasteiger partial charge >= 0.3 is 0 Å². The Balaban J connectivity index is 2.29. The minimum absolute atomic E-state index is 0.0578. The van der Waals surface area contributed by atoms with Gasteiger partial charge in [0.05, 0.1) is 5.54 Å². The molecule has 1 fully saturated rings. The average molecular weight is 232 g/mol. The molecule has 0 spiro atoms. The molecule has 1 saturated carbocycles. The summed E-state index contributed by atoms with van der Waals surface area (Å²) in [4.78, 5) is 2.36. The normalized spacial score (nSPS) is 20.8. The number of benzene rings is 1. The molecule has 1 aliphatic rings. The molecule has 0 amide bonds. The Kier molecular flexibility index (Phi) is 2.94. The van der Waals surface area contributed by atoms with E-state index in [1.807, 2.05) is 0 Å². The molecule has 2 N–H and O–H groups in total. The van der Waals surface area contributed by atoms with E-state index in [4.69, 9.17) is 5.73 Å². The summed E-state index contributed by atoms with van der Waals surface area (Å²) < 4.78 is 0. The van der Waals surface area contributed by atoms with Gasteiger partial charge in [-0.2, -0.15) is 0 Å². The van der Waals surface area contributed by atoms with Gasteiger partial charge in [0.1, 0.15) is 0 Å². The predicted octanol–water partition coefficient (Wildman–Crippen LogP) is 2.95. The minimum atomic E-state index is 0.0578. The van der Waals surface area contributed by atoms with Gasteiger partial charge in [-0.15, -0.1) is 0 Å². The van der Waals surface area contributed by atoms with E-state index in [1.54, 1.807) is 0 Å². The van der Waals surface area contributed by atoms with Crippen LogP contribution in [0.2, 0.25) is 0 Å². The van der Waals surface area contributed by atoms with Crippen molar-refractivity contribution in [1.82, 2.24) is 0 Å². The Labute approximate surface area is 105 Å². The van der Waals surface area contributed by atoms with E-state index in [0.717, 1.165) is 0 Å². The summed E-state index contributed by atoms with van der Waals surface area (Å²) in [5.74, 6) is 0. The smallest absolute Gasteiger partial charge is 0.0546 e. The second-order valence-electron chi connectivity index (χ2n) is 5.93. The molecule has 2 nitrogen and oxygen atoms in total. The third-order valence-electron chi connectivity index (χ3n) is 4.86. The highest BCUT2D eigenvalue weighted by Crippen LogP contribution is 2.55. The van der Waals surface area contributed by atoms with Crippen LogP contribution < -0.4 is 10.6 Å². The van der Waals surface area contributed by atoms with Crippen molar-refractivity contribution in [3.63, 3.8) is 0 Å². The van der Waals surface area contributed by atoms with Crippen molar-refractivity contribution in [3.8, 4) is 0 Å². The summed E-state index contributed by atoms with van der Waals surface area (Å²) in [7, 11) is 2.17. The first-order valence-electron chi connectivity index (χ1n) is 6.43. The summed E-state index contributed by atoms with van der Waals surface area (Å²) >= 11 is 0. The Morgan fingerprint density at radius 3 is 2.24 bits per heavy atom. The zero-order valence-corrected chi connectivity index (χ0v) is 11.5. The molecule has 0 saturated heterocycles. The molecular weight excluding hydrogens is 208 g/mol. The van der Waals surface area contributed by atoms with Gasteiger partial charge in [-0.05, 0) is 44.2 Å². The van der Waals surface area contributed by atoms with Crippen molar-refractivity contribution >= 4 is 5.69 Å². The molecule has 94 valence electrons. The minimum Gasteiger partial charge on any atom is -0.367 e. The summed E-state index contributed by atoms with van der Waals surface area (Å²) in [6.45, 7) is 7.46. The molecule has 0 aliphatic heterocycles. The van der Waals surface area contributed by atoms with Crippen molar-refractivity contribution in [1.29, 1.82) is 0 Å². The Morgan fingerprint density at radius 1 is 1.29 bits per heavy atom. The van der Waals surface area contributed by atoms with Gasteiger partial charge in [0.15, 0.2) is 0 Å². The fourth-order valence-corrected chi connectivity index (χ4v) is 2.57. The maximum Gasteiger partial charge on any atom is 0.0546 e. The van der Waals surface area contributed by atoms with Crippen LogP contribution in [-0.2, 0) is 0 Å². The van der Waals surface area contributed by atoms with Gasteiger partial charge in [-0.3, -0.25) is 0 Å². The van der Waals surface area contributed by atoms with Crippen LogP contribution >= 0.6 is 0 Å². The van der Waals surface area contributed by atoms with E-state index in [-0.39, 0.29) is 5.54 Å². The zero-order chi connectivity index (χ0) is 12.7. The molecule has 0 heterocycles. The monoisotopic (exact) mass is 232 g/mol. The Morgan fingerprint density at radius 2 is 1.82 bits per heavy atom. The van der Waals surface area contributed by atoms with Crippen LogP contribution in [0.5, 0.6) is 0 Å². The van der Waals surface area contributed by atoms with Gasteiger partial charge in [0, 0.05) is 19.3 Å². The van der Waals surface area contributed by atoms with Crippen molar-refractivity contribution < 1.29 is 0 Å². The van der Waals surface area contributed by atoms with Gasteiger partial charge < -0.3 is 10.6 Å². The lowest BCUT2D eigenvalue weighted by molar-refractivity contribution is 0.289. The number of hydrogen-bond acceptors (Lipinski definition) is 2. The molecule has 1 aliphatic carbocycles. The fraction of sp³-hybridized carbons (Fsp3) is 0.600. The maximum absolute atomic E-state index is 6.06. The maximum atomic E-state index is 6.06. The molecule has 0 aromatic heterocycles. The molecule has 2 rings (SSSR count). The van der Waals surface area contributed by atoms with Crippen molar-refractivity contribution in [2.75, 3.05) is 18.5 Å². The highest BCUT2D eigenvalue weighted by Gasteiger charge is 2.54. The van der Waals surface area contributed by atoms with E-state index in [0.29, 0.717) is 12.0 Å². The third kappa shape index (κ3) is 1.95. The lowest BCUT2D eigenvalue weighted by Gasteiger charge is -2.45. The van der Waals surface area contributed by atoms with Crippen LogP contribution in [0.4, 0.5) is 5.69 Å². The highest BCUT2D eigenvalue weighted by atomic mass is 15.2. The molecule has 17 heavy (non-hydrogen) atoms. The number of nitrogens with two attached hydrogens (primary N) is 1. The van der Waals surface area contributed by atoms with Crippen LogP contribution in [0.15, 0.2) is 24.3 Å². The summed E-state index contributed by atoms with van der Waals surface area (Å²) in [5.41, 5.74) is 9.05. The van der Waals surface area contributed by atoms with Crippen LogP contribution in [0, 0.1) is 12.3 Å². The lowest BCUT2D eigenvalue weighted by atomic mass is 9.82. The first-order valence-corrected chi connectivity index (χ1v) is 6.43. The molecule has 0 bridgehead atoms. The topological polar surface area (TPSA) is 29.3 Å². The lowest BCUT2D eigenvalue weighted by Crippen LogP contribution is -2.55. The highest BCUT2D eigenvalue weighted by molar-refractivity contribution is 5.50. The predicted molar refractivity (Wildman–Crippen MR) is 74.4 cm³/mol. The van der Waals surface area contributed by atoms with Crippen LogP contribution in [-0.4, -0.2) is 19.1 Å². The second-order valence-corrected chi connectivity index (χ2v) is 5.93. The van der Waals surface area contributed by atoms with Crippen LogP contribution in [0.1, 0.15) is 32.3 Å². The molecule has 1 atom stereocenters. The summed E-state index contributed by atoms with van der Waals surface area (Å²) in [6.07, 6.45) is 2.58. The van der Waals surface area contributed by atoms with Crippen molar-refractivity contribution in [2.45, 2.75) is 39.2 Å². The third-order valence-corrected chi connectivity index (χ3v) is 4.86. The molecule has 2 heteroatoms. The molecule has 1 aromatic carbocycles. The Bertz CT molecular complexity index is 392. The van der Waals surface area contributed by atoms with Crippen molar-refractivity contribution in [2.24, 2.45) is 11.1 Å². The number of nitrogens with zero attached hydrogens (tertiary/aromatic N) is 1. The zero-order valence-electron chi connectivity index (χ0n) is 11.5. The van der Waals surface area contributed by atoms with E-state index in [2.05, 4.69) is 57.0 Å². The second kappa shape index (κ2) is 4.02. The first-order chi connectivity index (χ1) is 7.93. The van der Waals surface area contributed by atoms with E-state index in [9.17, 15) is 0 Å². The van der Waals surface area contributed by atoms with Gasteiger partial charge in [0.25, 0.3) is 0 Å². The van der Waals surface area contributed by atoms with Crippen molar-refractivity contribution in [3.05, 3.63) is 29.8 Å². The molecular formula is C15H24N2. The van der Waals surface area contributed by atoms with E-state index >= 15 is 0 Å². The van der Waals surface area contributed by atoms with Gasteiger partial charge in [-0.1, -0.05) is 24.6 Å². The van der Waals surface area contributed by atoms with Crippen LogP contribution in [0.3, 0.4) is 0 Å². The number of hydrogen-bond donors (Lipinski definition) is 1. The standard InChI is InChI=1S/C15H24N2/c1-12-5-7-13(8-6-12)17(4)15(3,11-16)14(2)9-10-14/h5-8H,9-11,16H2,1-4H3. The van der Waals surface area contributed by atoms with Gasteiger partial charge in [-0.25, -0.2) is 0 Å². The van der Waals surface area contributed by atoms with E-state index < -0.39 is 0 Å². The van der Waals surface area contributed by atoms with E-state index in [1.165, 1.54) is 24.1 Å². The summed E-state index contributed by atoms with van der Waals surface area (Å²) in [6, 6.07) is 8.71. The number of likely N-dealkylation sites (N-methyl/N-ethyl adjacent to an activating group) is 1. The largest absolute Gasteiger partial charge is 0.367 e. The molecule has 1 aromatic rings. The Hall–Kier alpha value is -1.02. The fourth-order valence-electron chi connectivity index (χ4n) is 2.57. The number of rotatable bonds is 4. The first kappa shape index (κ1) is 12.4. The molecule has 1 unspecified atom stereocenters. The van der Waals surface area contributed by atoms with Gasteiger partial charge in [0.2, 0.25) is 0 Å². The quantitative estimate of drug-likeness (QED) is 0.865.